The average Bonchev–Trinajstić information content (AvgIpc) is 2.35. The van der Waals surface area contributed by atoms with Gasteiger partial charge in [0.2, 0.25) is 0 Å². The average molecular weight is 258 g/mol. The zero-order valence-electron chi connectivity index (χ0n) is 12.1. The quantitative estimate of drug-likeness (QED) is 0.498. The second kappa shape index (κ2) is 12.9. The minimum absolute atomic E-state index is 0.589. The van der Waals surface area contributed by atoms with Crippen LogP contribution in [0.5, 0.6) is 0 Å². The molecule has 0 aromatic carbocycles. The molecule has 0 saturated heterocycles. The molecule has 1 unspecified atom stereocenters. The molecule has 0 heterocycles. The predicted octanol–water partition coefficient (Wildman–Crippen LogP) is 4.40. The van der Waals surface area contributed by atoms with Crippen LogP contribution >= 0.6 is 0 Å². The van der Waals surface area contributed by atoms with Crippen LogP contribution < -0.4 is 0 Å². The molecule has 0 saturated carbocycles. The van der Waals surface area contributed by atoms with Crippen molar-refractivity contribution >= 4 is 5.97 Å². The molecule has 0 fully saturated rings. The number of unbranched alkanes of at least 4 members (excludes halogenated alkanes) is 7. The zero-order chi connectivity index (χ0) is 13.6. The predicted molar refractivity (Wildman–Crippen MR) is 74.9 cm³/mol. The van der Waals surface area contributed by atoms with E-state index in [4.69, 9.17) is 9.84 Å². The van der Waals surface area contributed by atoms with Crippen LogP contribution in [0, 0.1) is 0 Å². The number of carboxylic acid groups (broad SMARTS) is 1. The molecule has 0 aliphatic rings. The molecule has 108 valence electrons. The highest BCUT2D eigenvalue weighted by molar-refractivity contribution is 5.72. The molecule has 0 spiro atoms. The molecule has 0 radical (unpaired) electrons. The first-order chi connectivity index (χ1) is 8.72. The number of hydrogen-bond donors (Lipinski definition) is 1. The Morgan fingerprint density at radius 2 is 1.50 bits per heavy atom. The second-order valence-corrected chi connectivity index (χ2v) is 4.96. The van der Waals surface area contributed by atoms with Crippen LogP contribution in [-0.2, 0) is 9.53 Å². The Bertz CT molecular complexity index is 192. The van der Waals surface area contributed by atoms with Crippen molar-refractivity contribution in [2.45, 2.75) is 84.2 Å². The molecule has 0 bridgehead atoms. The largest absolute Gasteiger partial charge is 0.479 e. The highest BCUT2D eigenvalue weighted by atomic mass is 16.5. The van der Waals surface area contributed by atoms with E-state index in [1.165, 1.54) is 38.5 Å². The Balaban J connectivity index is 3.30. The topological polar surface area (TPSA) is 46.5 Å². The SMILES string of the molecule is CCCCCCCCCCOC(CCC)C(=O)O. The first-order valence-corrected chi connectivity index (χ1v) is 7.56. The van der Waals surface area contributed by atoms with Crippen LogP contribution in [0.25, 0.3) is 0 Å². The minimum atomic E-state index is -0.823. The third-order valence-electron chi connectivity index (χ3n) is 3.14. The fourth-order valence-corrected chi connectivity index (χ4v) is 2.00. The smallest absolute Gasteiger partial charge is 0.332 e. The highest BCUT2D eigenvalue weighted by Crippen LogP contribution is 2.09. The van der Waals surface area contributed by atoms with E-state index in [0.717, 1.165) is 19.3 Å². The number of aliphatic carboxylic acids is 1. The number of rotatable bonds is 13. The van der Waals surface area contributed by atoms with Crippen LogP contribution in [0.2, 0.25) is 0 Å². The Labute approximate surface area is 112 Å². The first kappa shape index (κ1) is 17.4. The van der Waals surface area contributed by atoms with E-state index in [1.54, 1.807) is 0 Å². The first-order valence-electron chi connectivity index (χ1n) is 7.56. The molecule has 0 aromatic heterocycles. The summed E-state index contributed by atoms with van der Waals surface area (Å²) < 4.78 is 5.39. The normalized spacial score (nSPS) is 12.6. The molecule has 1 N–H and O–H groups in total. The third kappa shape index (κ3) is 10.6. The second-order valence-electron chi connectivity index (χ2n) is 4.96. The minimum Gasteiger partial charge on any atom is -0.479 e. The summed E-state index contributed by atoms with van der Waals surface area (Å²) in [5.74, 6) is -0.823. The summed E-state index contributed by atoms with van der Waals surface area (Å²) in [7, 11) is 0. The van der Waals surface area contributed by atoms with Gasteiger partial charge in [-0.25, -0.2) is 4.79 Å². The lowest BCUT2D eigenvalue weighted by molar-refractivity contribution is -0.150. The zero-order valence-corrected chi connectivity index (χ0v) is 12.1. The number of carbonyl (C=O) groups is 1. The molecule has 0 aliphatic heterocycles. The number of hydrogen-bond acceptors (Lipinski definition) is 2. The molecule has 1 atom stereocenters. The molecule has 18 heavy (non-hydrogen) atoms. The Kier molecular flexibility index (Phi) is 12.5. The van der Waals surface area contributed by atoms with Gasteiger partial charge in [-0.15, -0.1) is 0 Å². The van der Waals surface area contributed by atoms with Crippen LogP contribution in [-0.4, -0.2) is 23.8 Å². The fourth-order valence-electron chi connectivity index (χ4n) is 2.00. The van der Waals surface area contributed by atoms with E-state index in [9.17, 15) is 4.79 Å². The third-order valence-corrected chi connectivity index (χ3v) is 3.14. The van der Waals surface area contributed by atoms with E-state index < -0.39 is 12.1 Å². The standard InChI is InChI=1S/C15H30O3/c1-3-5-6-7-8-9-10-11-13-18-14(12-4-2)15(16)17/h14H,3-13H2,1-2H3,(H,16,17). The van der Waals surface area contributed by atoms with Gasteiger partial charge in [0.25, 0.3) is 0 Å². The Morgan fingerprint density at radius 3 is 2.00 bits per heavy atom. The van der Waals surface area contributed by atoms with Gasteiger partial charge in [-0.2, -0.15) is 0 Å². The number of ether oxygens (including phenoxy) is 1. The molecule has 3 nitrogen and oxygen atoms in total. The molecule has 3 heteroatoms. The van der Waals surface area contributed by atoms with Gasteiger partial charge in [-0.3, -0.25) is 0 Å². The van der Waals surface area contributed by atoms with Crippen molar-refractivity contribution in [1.82, 2.24) is 0 Å². The Hall–Kier alpha value is -0.570. The summed E-state index contributed by atoms with van der Waals surface area (Å²) in [4.78, 5) is 10.8. The summed E-state index contributed by atoms with van der Waals surface area (Å²) in [5.41, 5.74) is 0. The van der Waals surface area contributed by atoms with Gasteiger partial charge < -0.3 is 9.84 Å². The summed E-state index contributed by atoms with van der Waals surface area (Å²) in [6.45, 7) is 4.80. The van der Waals surface area contributed by atoms with E-state index >= 15 is 0 Å². The molecule has 0 rings (SSSR count). The molecule has 0 aliphatic carbocycles. The van der Waals surface area contributed by atoms with Crippen molar-refractivity contribution in [1.29, 1.82) is 0 Å². The van der Waals surface area contributed by atoms with Crippen molar-refractivity contribution in [2.75, 3.05) is 6.61 Å². The lowest BCUT2D eigenvalue weighted by Crippen LogP contribution is -2.24. The van der Waals surface area contributed by atoms with Crippen LogP contribution in [0.4, 0.5) is 0 Å². The number of carboxylic acids is 1. The summed E-state index contributed by atoms with van der Waals surface area (Å²) in [5, 5.41) is 8.90. The van der Waals surface area contributed by atoms with Gasteiger partial charge in [0.1, 0.15) is 0 Å². The van der Waals surface area contributed by atoms with Gasteiger partial charge in [-0.1, -0.05) is 65.2 Å². The van der Waals surface area contributed by atoms with E-state index in [-0.39, 0.29) is 0 Å². The van der Waals surface area contributed by atoms with Gasteiger partial charge >= 0.3 is 5.97 Å². The highest BCUT2D eigenvalue weighted by Gasteiger charge is 2.15. The van der Waals surface area contributed by atoms with Crippen molar-refractivity contribution in [3.05, 3.63) is 0 Å². The van der Waals surface area contributed by atoms with Crippen molar-refractivity contribution in [3.63, 3.8) is 0 Å². The molecular formula is C15H30O3. The van der Waals surface area contributed by atoms with Crippen molar-refractivity contribution < 1.29 is 14.6 Å². The summed E-state index contributed by atoms with van der Waals surface area (Å²) in [6, 6.07) is 0. The van der Waals surface area contributed by atoms with Crippen molar-refractivity contribution in [2.24, 2.45) is 0 Å². The summed E-state index contributed by atoms with van der Waals surface area (Å²) in [6.07, 6.45) is 10.9. The monoisotopic (exact) mass is 258 g/mol. The van der Waals surface area contributed by atoms with Gasteiger partial charge in [0, 0.05) is 6.61 Å². The Morgan fingerprint density at radius 1 is 0.944 bits per heavy atom. The maximum absolute atomic E-state index is 10.8. The van der Waals surface area contributed by atoms with Crippen LogP contribution in [0.1, 0.15) is 78.1 Å². The molecule has 0 amide bonds. The lowest BCUT2D eigenvalue weighted by Gasteiger charge is -2.12. The molecule has 0 aromatic rings. The fraction of sp³-hybridized carbons (Fsp3) is 0.933. The van der Waals surface area contributed by atoms with Gasteiger partial charge in [-0.05, 0) is 12.8 Å². The van der Waals surface area contributed by atoms with E-state index in [1.807, 2.05) is 6.92 Å². The van der Waals surface area contributed by atoms with Gasteiger partial charge in [0.05, 0.1) is 0 Å². The lowest BCUT2D eigenvalue weighted by atomic mass is 10.1. The van der Waals surface area contributed by atoms with Crippen molar-refractivity contribution in [3.8, 4) is 0 Å². The summed E-state index contributed by atoms with van der Waals surface area (Å²) >= 11 is 0. The molecular weight excluding hydrogens is 228 g/mol. The van der Waals surface area contributed by atoms with Gasteiger partial charge in [0.15, 0.2) is 6.10 Å². The maximum Gasteiger partial charge on any atom is 0.332 e. The van der Waals surface area contributed by atoms with E-state index in [2.05, 4.69) is 6.92 Å². The maximum atomic E-state index is 10.8. The van der Waals surface area contributed by atoms with Crippen LogP contribution in [0.15, 0.2) is 0 Å². The van der Waals surface area contributed by atoms with E-state index in [0.29, 0.717) is 13.0 Å². The van der Waals surface area contributed by atoms with Crippen LogP contribution in [0.3, 0.4) is 0 Å².